The molecule has 0 spiro atoms. The first-order valence-electron chi connectivity index (χ1n) is 22.0. The standard InChI is InChI=1S/C29H41.C15H8F6.C12H19.2ClH.Zr/c1-26(2,3)22-14-18-13-19-15-23(27(4,5)6)25(29(10,11)12)17-21(19)20(18)16-24(22)28(7,8)9;16-14(17,18)12-5-1-10(2-6-12)9-11-3-7-13(8-4-11)15(19,20)21;1-5-6-10-7-8-11(9-10)12(2,3)4;;;/h14,16-17H,13H2,1-12H3;1-8H;7-9H,5-6H2,1-4H3;2*1H;/q-1;;-1;;;+2/p-2. The average Bonchev–Trinajstić information content (AvgIpc) is 3.77. The fraction of sp³-hybridized carbons (Fsp3) is 0.464. The van der Waals surface area contributed by atoms with Gasteiger partial charge in [-0.1, -0.05) is 152 Å². The number of alkyl halides is 6. The third-order valence-corrected chi connectivity index (χ3v) is 12.9. The number of rotatable bonds is 4. The fourth-order valence-electron chi connectivity index (χ4n) is 7.85. The van der Waals surface area contributed by atoms with Gasteiger partial charge in [0.05, 0.1) is 0 Å². The molecule has 0 aromatic heterocycles. The van der Waals surface area contributed by atoms with Gasteiger partial charge in [0.25, 0.3) is 0 Å². The van der Waals surface area contributed by atoms with Gasteiger partial charge in [-0.15, -0.1) is 16.7 Å². The molecule has 9 heteroatoms. The Morgan fingerprint density at radius 3 is 1.31 bits per heavy atom. The Balaban J connectivity index is 0.000000357. The molecule has 65 heavy (non-hydrogen) atoms. The molecule has 0 amide bonds. The minimum Gasteiger partial charge on any atom is -1.00 e. The topological polar surface area (TPSA) is 0 Å². The Morgan fingerprint density at radius 1 is 0.538 bits per heavy atom. The monoisotopic (exact) mass is 1010 g/mol. The molecule has 0 saturated heterocycles. The predicted octanol–water partition coefficient (Wildman–Crippen LogP) is 10.8. The molecule has 0 atom stereocenters. The maximum absolute atomic E-state index is 12.5. The van der Waals surface area contributed by atoms with Crippen LogP contribution in [-0.2, 0) is 76.5 Å². The van der Waals surface area contributed by atoms with E-state index < -0.39 is 23.5 Å². The van der Waals surface area contributed by atoms with Crippen molar-refractivity contribution < 1.29 is 75.4 Å². The summed E-state index contributed by atoms with van der Waals surface area (Å²) in [5.74, 6) is 0. The van der Waals surface area contributed by atoms with E-state index in [9.17, 15) is 26.3 Å². The zero-order valence-electron chi connectivity index (χ0n) is 41.2. The molecule has 0 saturated carbocycles. The van der Waals surface area contributed by atoms with Gasteiger partial charge in [0.1, 0.15) is 0 Å². The summed E-state index contributed by atoms with van der Waals surface area (Å²) in [6.45, 7) is 37.0. The van der Waals surface area contributed by atoms with E-state index >= 15 is 0 Å². The van der Waals surface area contributed by atoms with Gasteiger partial charge in [-0.3, -0.25) is 0 Å². The summed E-state index contributed by atoms with van der Waals surface area (Å²) < 4.78 is 75.6. The molecular formula is C56H68Cl2F6Zr-2. The van der Waals surface area contributed by atoms with Crippen molar-refractivity contribution in [2.45, 2.75) is 169 Å². The zero-order valence-corrected chi connectivity index (χ0v) is 45.2. The van der Waals surface area contributed by atoms with Crippen LogP contribution >= 0.6 is 0 Å². The zero-order chi connectivity index (χ0) is 47.9. The van der Waals surface area contributed by atoms with E-state index in [1.54, 1.807) is 0 Å². The molecule has 0 fully saturated rings. The summed E-state index contributed by atoms with van der Waals surface area (Å²) in [6, 6.07) is 27.4. The van der Waals surface area contributed by atoms with Gasteiger partial charge in [-0.2, -0.15) is 41.0 Å². The number of halogens is 8. The number of aryl methyl sites for hydroxylation is 1. The van der Waals surface area contributed by atoms with Crippen molar-refractivity contribution in [2.75, 3.05) is 0 Å². The SMILES string of the molecule is CC(C)(C)c1[c-]c2c(cc1C(C)(C)C)-c1cc(C(C)(C)C)c(C(C)(C)C)cc1C2.CCCc1cc(C(C)(C)C)c[cH-]1.FC(F)(F)c1ccc([C](=[Zr+2])c2ccc(C(F)(F)F)cc2)cc1.[Cl-].[Cl-]. The van der Waals surface area contributed by atoms with Crippen molar-refractivity contribution >= 4 is 3.21 Å². The van der Waals surface area contributed by atoms with Crippen LogP contribution in [-0.4, -0.2) is 3.21 Å². The van der Waals surface area contributed by atoms with Crippen LogP contribution in [0.15, 0.2) is 84.9 Å². The first kappa shape index (κ1) is 58.3. The second-order valence-electron chi connectivity index (χ2n) is 22.2. The molecule has 0 nitrogen and oxygen atoms in total. The van der Waals surface area contributed by atoms with Crippen LogP contribution in [0.3, 0.4) is 0 Å². The largest absolute Gasteiger partial charge is 1.00 e. The van der Waals surface area contributed by atoms with E-state index in [1.165, 1.54) is 92.7 Å². The van der Waals surface area contributed by atoms with Gasteiger partial charge >= 0.3 is 137 Å². The molecule has 5 aromatic rings. The molecular weight excluding hydrogens is 949 g/mol. The van der Waals surface area contributed by atoms with Crippen molar-refractivity contribution in [3.8, 4) is 11.1 Å². The van der Waals surface area contributed by atoms with Crippen LogP contribution in [0.4, 0.5) is 26.3 Å². The van der Waals surface area contributed by atoms with E-state index in [-0.39, 0.29) is 46.5 Å². The molecule has 354 valence electrons. The molecule has 0 heterocycles. The van der Waals surface area contributed by atoms with Crippen LogP contribution in [0, 0.1) is 6.07 Å². The number of hydrogen-bond donors (Lipinski definition) is 0. The molecule has 5 aromatic carbocycles. The normalized spacial score (nSPS) is 13.0. The maximum Gasteiger partial charge on any atom is -1.00 e. The minimum absolute atomic E-state index is 0. The maximum atomic E-state index is 12.5. The fourth-order valence-corrected chi connectivity index (χ4v) is 8.67. The summed E-state index contributed by atoms with van der Waals surface area (Å²) in [5, 5.41) is 0. The van der Waals surface area contributed by atoms with Crippen molar-refractivity contribution in [2.24, 2.45) is 0 Å². The molecule has 1 aliphatic carbocycles. The van der Waals surface area contributed by atoms with E-state index in [1.807, 2.05) is 0 Å². The van der Waals surface area contributed by atoms with Crippen LogP contribution in [0.25, 0.3) is 11.1 Å². The van der Waals surface area contributed by atoms with Gasteiger partial charge in [0, 0.05) is 0 Å². The van der Waals surface area contributed by atoms with E-state index in [0.29, 0.717) is 19.7 Å². The Bertz CT molecular complexity index is 2220. The molecule has 1 aliphatic rings. The second kappa shape index (κ2) is 21.2. The first-order chi connectivity index (χ1) is 28.5. The summed E-state index contributed by atoms with van der Waals surface area (Å²) in [6.07, 6.45) is -5.35. The molecule has 0 unspecified atom stereocenters. The molecule has 0 radical (unpaired) electrons. The van der Waals surface area contributed by atoms with Gasteiger partial charge in [0.2, 0.25) is 0 Å². The summed E-state index contributed by atoms with van der Waals surface area (Å²) in [4.78, 5) is 0. The van der Waals surface area contributed by atoms with E-state index in [0.717, 1.165) is 54.9 Å². The summed E-state index contributed by atoms with van der Waals surface area (Å²) >= 11 is 0.898. The number of benzene rings is 4. The van der Waals surface area contributed by atoms with Crippen LogP contribution in [0.2, 0.25) is 0 Å². The van der Waals surface area contributed by atoms with Gasteiger partial charge in [-0.25, -0.2) is 6.07 Å². The van der Waals surface area contributed by atoms with E-state index in [4.69, 9.17) is 0 Å². The third-order valence-electron chi connectivity index (χ3n) is 11.5. The van der Waals surface area contributed by atoms with Crippen LogP contribution in [0.1, 0.15) is 184 Å². The average molecular weight is 1020 g/mol. The van der Waals surface area contributed by atoms with Crippen LogP contribution in [0.5, 0.6) is 0 Å². The molecule has 0 N–H and O–H groups in total. The second-order valence-corrected chi connectivity index (χ2v) is 23.4. The molecule has 0 bridgehead atoms. The third kappa shape index (κ3) is 15.1. The van der Waals surface area contributed by atoms with Crippen molar-refractivity contribution in [3.05, 3.63) is 158 Å². The van der Waals surface area contributed by atoms with Gasteiger partial charge < -0.3 is 24.8 Å². The van der Waals surface area contributed by atoms with Gasteiger partial charge in [-0.05, 0) is 39.4 Å². The Kier molecular flexibility index (Phi) is 19.0. The quantitative estimate of drug-likeness (QED) is 0.122. The van der Waals surface area contributed by atoms with Crippen molar-refractivity contribution in [3.63, 3.8) is 0 Å². The number of fused-ring (bicyclic) bond motifs is 3. The Labute approximate surface area is 414 Å². The Hall–Kier alpha value is -2.86. The van der Waals surface area contributed by atoms with Crippen LogP contribution < -0.4 is 24.8 Å². The smallest absolute Gasteiger partial charge is 1.00 e. The summed E-state index contributed by atoms with van der Waals surface area (Å²) in [5.41, 5.74) is 14.8. The Morgan fingerprint density at radius 2 is 0.954 bits per heavy atom. The molecule has 0 aliphatic heterocycles. The number of hydrogen-bond acceptors (Lipinski definition) is 0. The molecule has 6 rings (SSSR count). The van der Waals surface area contributed by atoms with E-state index in [2.05, 4.69) is 153 Å². The minimum atomic E-state index is -4.41. The van der Waals surface area contributed by atoms with Gasteiger partial charge in [0.15, 0.2) is 0 Å². The van der Waals surface area contributed by atoms with Crippen molar-refractivity contribution in [1.82, 2.24) is 0 Å². The predicted molar refractivity (Wildman–Crippen MR) is 249 cm³/mol. The first-order valence-corrected chi connectivity index (χ1v) is 23.2. The summed E-state index contributed by atoms with van der Waals surface area (Å²) in [7, 11) is 0. The van der Waals surface area contributed by atoms with Crippen molar-refractivity contribution in [1.29, 1.82) is 0 Å².